The second-order valence-corrected chi connectivity index (χ2v) is 9.82. The number of hydrogen-bond acceptors (Lipinski definition) is 0. The lowest BCUT2D eigenvalue weighted by Gasteiger charge is -2.09. The SMILES string of the molecule is CCCCC=CC(C)=C[Si](C)(C)C. The molecule has 0 heterocycles. The molecule has 0 N–H and O–H groups in total. The molecule has 0 aromatic carbocycles. The predicted octanol–water partition coefficient (Wildman–Crippen LogP) is 4.56. The molecular formula is C12H24Si. The molecule has 0 aromatic rings. The van der Waals surface area contributed by atoms with E-state index < -0.39 is 8.07 Å². The first-order chi connectivity index (χ1) is 5.95. The van der Waals surface area contributed by atoms with Gasteiger partial charge in [-0.05, 0) is 13.3 Å². The van der Waals surface area contributed by atoms with Crippen LogP contribution in [-0.4, -0.2) is 8.07 Å². The molecule has 0 radical (unpaired) electrons. The van der Waals surface area contributed by atoms with Gasteiger partial charge in [-0.3, -0.25) is 0 Å². The van der Waals surface area contributed by atoms with Gasteiger partial charge < -0.3 is 0 Å². The summed E-state index contributed by atoms with van der Waals surface area (Å²) < 4.78 is 0. The van der Waals surface area contributed by atoms with Crippen LogP contribution in [0.15, 0.2) is 23.4 Å². The van der Waals surface area contributed by atoms with Crippen LogP contribution in [0.25, 0.3) is 0 Å². The molecule has 0 bridgehead atoms. The fourth-order valence-electron chi connectivity index (χ4n) is 1.32. The Hall–Kier alpha value is -0.303. The van der Waals surface area contributed by atoms with E-state index >= 15 is 0 Å². The summed E-state index contributed by atoms with van der Waals surface area (Å²) in [5, 5.41) is 0. The van der Waals surface area contributed by atoms with Crippen molar-refractivity contribution in [1.82, 2.24) is 0 Å². The first-order valence-corrected chi connectivity index (χ1v) is 8.89. The van der Waals surface area contributed by atoms with Gasteiger partial charge in [0.15, 0.2) is 0 Å². The molecule has 13 heavy (non-hydrogen) atoms. The van der Waals surface area contributed by atoms with E-state index in [1.807, 2.05) is 0 Å². The normalized spacial score (nSPS) is 14.1. The van der Waals surface area contributed by atoms with E-state index in [9.17, 15) is 0 Å². The summed E-state index contributed by atoms with van der Waals surface area (Å²) in [6.07, 6.45) is 8.41. The summed E-state index contributed by atoms with van der Waals surface area (Å²) in [6.45, 7) is 11.6. The van der Waals surface area contributed by atoms with Crippen molar-refractivity contribution in [3.05, 3.63) is 23.4 Å². The second-order valence-electron chi connectivity index (χ2n) is 4.80. The molecule has 0 amide bonds. The van der Waals surface area contributed by atoms with Gasteiger partial charge in [-0.15, -0.1) is 0 Å². The smallest absolute Gasteiger partial charge is 0.0690 e. The lowest BCUT2D eigenvalue weighted by molar-refractivity contribution is 0.814. The van der Waals surface area contributed by atoms with Gasteiger partial charge in [0.2, 0.25) is 0 Å². The van der Waals surface area contributed by atoms with E-state index in [1.54, 1.807) is 0 Å². The lowest BCUT2D eigenvalue weighted by Crippen LogP contribution is -2.16. The number of allylic oxidation sites excluding steroid dienone is 3. The molecule has 0 aliphatic carbocycles. The third kappa shape index (κ3) is 9.61. The summed E-state index contributed by atoms with van der Waals surface area (Å²) >= 11 is 0. The molecule has 0 aromatic heterocycles. The largest absolute Gasteiger partial charge is 0.0922 e. The Bertz CT molecular complexity index is 182. The topological polar surface area (TPSA) is 0 Å². The second kappa shape index (κ2) is 6.20. The molecule has 0 aliphatic rings. The van der Waals surface area contributed by atoms with Gasteiger partial charge in [-0.2, -0.15) is 0 Å². The highest BCUT2D eigenvalue weighted by atomic mass is 28.3. The quantitative estimate of drug-likeness (QED) is 0.343. The average molecular weight is 196 g/mol. The molecule has 0 saturated carbocycles. The minimum Gasteiger partial charge on any atom is -0.0922 e. The number of rotatable bonds is 5. The zero-order valence-corrected chi connectivity index (χ0v) is 10.9. The third-order valence-corrected chi connectivity index (χ3v) is 3.09. The standard InChI is InChI=1S/C12H24Si/c1-6-7-8-9-10-12(2)11-13(3,4)5/h9-11H,6-8H2,1-5H3. The number of unbranched alkanes of at least 4 members (excludes halogenated alkanes) is 2. The summed E-state index contributed by atoms with van der Waals surface area (Å²) in [5.74, 6) is 0. The van der Waals surface area contributed by atoms with Gasteiger partial charge in [0, 0.05) is 0 Å². The Balaban J connectivity index is 3.92. The molecule has 0 unspecified atom stereocenters. The Labute approximate surface area is 84.8 Å². The molecular weight excluding hydrogens is 172 g/mol. The fraction of sp³-hybridized carbons (Fsp3) is 0.667. The van der Waals surface area contributed by atoms with E-state index in [0.717, 1.165) is 0 Å². The van der Waals surface area contributed by atoms with Crippen LogP contribution in [0.2, 0.25) is 19.6 Å². The average Bonchev–Trinajstić information content (AvgIpc) is 1.94. The Morgan fingerprint density at radius 2 is 1.85 bits per heavy atom. The molecule has 1 heteroatoms. The summed E-state index contributed by atoms with van der Waals surface area (Å²) in [4.78, 5) is 0. The van der Waals surface area contributed by atoms with Gasteiger partial charge in [-0.25, -0.2) is 0 Å². The number of hydrogen-bond donors (Lipinski definition) is 0. The van der Waals surface area contributed by atoms with Crippen molar-refractivity contribution in [3.8, 4) is 0 Å². The summed E-state index contributed by atoms with van der Waals surface area (Å²) in [5.41, 5.74) is 3.89. The lowest BCUT2D eigenvalue weighted by atomic mass is 10.2. The van der Waals surface area contributed by atoms with Crippen LogP contribution in [0.3, 0.4) is 0 Å². The van der Waals surface area contributed by atoms with Crippen molar-refractivity contribution in [1.29, 1.82) is 0 Å². The first-order valence-electron chi connectivity index (χ1n) is 5.31. The van der Waals surface area contributed by atoms with Crippen LogP contribution in [0.5, 0.6) is 0 Å². The van der Waals surface area contributed by atoms with Crippen molar-refractivity contribution >= 4 is 8.07 Å². The fourth-order valence-corrected chi connectivity index (χ4v) is 2.78. The van der Waals surface area contributed by atoms with Crippen molar-refractivity contribution in [3.63, 3.8) is 0 Å². The van der Waals surface area contributed by atoms with E-state index in [0.29, 0.717) is 0 Å². The molecule has 0 saturated heterocycles. The van der Waals surface area contributed by atoms with Crippen LogP contribution < -0.4 is 0 Å². The van der Waals surface area contributed by atoms with Crippen LogP contribution in [0.4, 0.5) is 0 Å². The van der Waals surface area contributed by atoms with Gasteiger partial charge in [0.25, 0.3) is 0 Å². The Morgan fingerprint density at radius 1 is 1.23 bits per heavy atom. The first kappa shape index (κ1) is 12.7. The zero-order valence-electron chi connectivity index (χ0n) is 9.85. The van der Waals surface area contributed by atoms with Gasteiger partial charge in [-0.1, -0.05) is 62.8 Å². The summed E-state index contributed by atoms with van der Waals surface area (Å²) in [6, 6.07) is 0. The van der Waals surface area contributed by atoms with E-state index in [2.05, 4.69) is 51.3 Å². The third-order valence-electron chi connectivity index (χ3n) is 1.77. The molecule has 0 aliphatic heterocycles. The van der Waals surface area contributed by atoms with Gasteiger partial charge in [0.05, 0.1) is 8.07 Å². The Kier molecular flexibility index (Phi) is 6.05. The highest BCUT2D eigenvalue weighted by Gasteiger charge is 2.07. The molecule has 0 nitrogen and oxygen atoms in total. The van der Waals surface area contributed by atoms with E-state index in [1.165, 1.54) is 24.8 Å². The monoisotopic (exact) mass is 196 g/mol. The van der Waals surface area contributed by atoms with Crippen molar-refractivity contribution < 1.29 is 0 Å². The van der Waals surface area contributed by atoms with Gasteiger partial charge >= 0.3 is 0 Å². The minimum absolute atomic E-state index is 1.00. The van der Waals surface area contributed by atoms with Crippen LogP contribution in [0.1, 0.15) is 33.1 Å². The maximum atomic E-state index is 2.45. The molecule has 76 valence electrons. The predicted molar refractivity (Wildman–Crippen MR) is 65.8 cm³/mol. The van der Waals surface area contributed by atoms with E-state index in [-0.39, 0.29) is 0 Å². The zero-order chi connectivity index (χ0) is 10.3. The van der Waals surface area contributed by atoms with Crippen molar-refractivity contribution in [2.24, 2.45) is 0 Å². The van der Waals surface area contributed by atoms with Gasteiger partial charge in [0.1, 0.15) is 0 Å². The van der Waals surface area contributed by atoms with Crippen LogP contribution >= 0.6 is 0 Å². The Morgan fingerprint density at radius 3 is 2.31 bits per heavy atom. The molecule has 0 spiro atoms. The highest BCUT2D eigenvalue weighted by molar-refractivity contribution is 6.81. The van der Waals surface area contributed by atoms with Crippen molar-refractivity contribution in [2.45, 2.75) is 52.8 Å². The highest BCUT2D eigenvalue weighted by Crippen LogP contribution is 2.08. The molecule has 0 fully saturated rings. The van der Waals surface area contributed by atoms with Crippen LogP contribution in [0, 0.1) is 0 Å². The van der Waals surface area contributed by atoms with Crippen LogP contribution in [-0.2, 0) is 0 Å². The molecule has 0 rings (SSSR count). The molecule has 0 atom stereocenters. The summed E-state index contributed by atoms with van der Waals surface area (Å²) in [7, 11) is -1.00. The maximum absolute atomic E-state index is 2.45. The van der Waals surface area contributed by atoms with E-state index in [4.69, 9.17) is 0 Å². The minimum atomic E-state index is -1.00. The van der Waals surface area contributed by atoms with Crippen molar-refractivity contribution in [2.75, 3.05) is 0 Å². The maximum Gasteiger partial charge on any atom is 0.0690 e.